The third-order valence-corrected chi connectivity index (χ3v) is 5.02. The van der Waals surface area contributed by atoms with Crippen LogP contribution in [-0.4, -0.2) is 26.1 Å². The predicted octanol–water partition coefficient (Wildman–Crippen LogP) is 3.03. The summed E-state index contributed by atoms with van der Waals surface area (Å²) in [6.07, 6.45) is 4.42. The zero-order valence-corrected chi connectivity index (χ0v) is 14.0. The quantitative estimate of drug-likeness (QED) is 0.796. The summed E-state index contributed by atoms with van der Waals surface area (Å²) in [7, 11) is 0. The van der Waals surface area contributed by atoms with E-state index in [-0.39, 0.29) is 5.91 Å². The van der Waals surface area contributed by atoms with E-state index in [9.17, 15) is 4.79 Å². The Morgan fingerprint density at radius 1 is 1.16 bits per heavy atom. The molecule has 6 nitrogen and oxygen atoms in total. The van der Waals surface area contributed by atoms with Crippen molar-refractivity contribution in [2.75, 3.05) is 5.32 Å². The summed E-state index contributed by atoms with van der Waals surface area (Å²) >= 11 is 0. The summed E-state index contributed by atoms with van der Waals surface area (Å²) in [5.41, 5.74) is 3.38. The molecule has 0 atom stereocenters. The Bertz CT molecular complexity index is 885. The normalized spacial score (nSPS) is 15.4. The van der Waals surface area contributed by atoms with E-state index in [1.165, 1.54) is 0 Å². The Hall–Kier alpha value is -3.02. The molecule has 0 unspecified atom stereocenters. The van der Waals surface area contributed by atoms with E-state index < -0.39 is 5.41 Å². The molecular formula is C19H19N5O. The van der Waals surface area contributed by atoms with Crippen molar-refractivity contribution in [2.45, 2.75) is 31.6 Å². The van der Waals surface area contributed by atoms with Crippen LogP contribution in [0, 0.1) is 6.92 Å². The first-order valence-electron chi connectivity index (χ1n) is 8.40. The number of nitrogens with one attached hydrogen (secondary N) is 1. The Morgan fingerprint density at radius 2 is 1.96 bits per heavy atom. The van der Waals surface area contributed by atoms with Gasteiger partial charge in [-0.3, -0.25) is 4.79 Å². The van der Waals surface area contributed by atoms with E-state index >= 15 is 0 Å². The number of aryl methyl sites for hydroxylation is 1. The van der Waals surface area contributed by atoms with Crippen molar-refractivity contribution in [2.24, 2.45) is 0 Å². The highest BCUT2D eigenvalue weighted by Crippen LogP contribution is 2.44. The minimum atomic E-state index is -0.399. The van der Waals surface area contributed by atoms with Gasteiger partial charge in [0.2, 0.25) is 5.91 Å². The van der Waals surface area contributed by atoms with Crippen LogP contribution in [0.2, 0.25) is 0 Å². The van der Waals surface area contributed by atoms with Crippen LogP contribution < -0.4 is 5.32 Å². The van der Waals surface area contributed by atoms with Gasteiger partial charge in [0.15, 0.2) is 0 Å². The molecule has 4 rings (SSSR count). The molecule has 0 spiro atoms. The Labute approximate surface area is 145 Å². The average Bonchev–Trinajstić information content (AvgIpc) is 3.09. The van der Waals surface area contributed by atoms with Gasteiger partial charge in [-0.2, -0.15) is 0 Å². The van der Waals surface area contributed by atoms with Gasteiger partial charge >= 0.3 is 0 Å². The number of tetrazole rings is 1. The number of hydrogen-bond donors (Lipinski definition) is 1. The number of nitrogens with zero attached hydrogens (tertiary/aromatic N) is 4. The maximum Gasteiger partial charge on any atom is 0.235 e. The maximum atomic E-state index is 13.0. The molecule has 126 valence electrons. The lowest BCUT2D eigenvalue weighted by atomic mass is 9.64. The number of carbonyl (C=O) groups excluding carboxylic acids is 1. The summed E-state index contributed by atoms with van der Waals surface area (Å²) in [5, 5.41) is 14.3. The number of rotatable bonds is 4. The largest absolute Gasteiger partial charge is 0.325 e. The third-order valence-electron chi connectivity index (χ3n) is 5.02. The number of amides is 1. The highest BCUT2D eigenvalue weighted by Gasteiger charge is 2.45. The molecule has 6 heteroatoms. The number of aromatic nitrogens is 4. The zero-order valence-electron chi connectivity index (χ0n) is 14.0. The van der Waals surface area contributed by atoms with Crippen LogP contribution in [0.25, 0.3) is 5.69 Å². The van der Waals surface area contributed by atoms with Crippen molar-refractivity contribution in [1.82, 2.24) is 20.2 Å². The standard InChI is InChI=1S/C19H19N5O/c1-14-12-16(8-9-17(14)24-13-20-22-23-24)21-18(25)19(10-5-11-19)15-6-3-2-4-7-15/h2-4,6-9,12-13H,5,10-11H2,1H3,(H,21,25). The van der Waals surface area contributed by atoms with Crippen LogP contribution in [0.3, 0.4) is 0 Å². The number of anilines is 1. The lowest BCUT2D eigenvalue weighted by Gasteiger charge is -2.40. The van der Waals surface area contributed by atoms with Crippen LogP contribution >= 0.6 is 0 Å². The molecule has 1 N–H and O–H groups in total. The first-order chi connectivity index (χ1) is 12.2. The first kappa shape index (κ1) is 15.5. The molecule has 1 amide bonds. The van der Waals surface area contributed by atoms with E-state index in [4.69, 9.17) is 0 Å². The molecule has 1 saturated carbocycles. The molecular weight excluding hydrogens is 314 g/mol. The summed E-state index contributed by atoms with van der Waals surface area (Å²) < 4.78 is 1.61. The van der Waals surface area contributed by atoms with Gasteiger partial charge in [0.05, 0.1) is 11.1 Å². The van der Waals surface area contributed by atoms with Crippen molar-refractivity contribution < 1.29 is 4.79 Å². The molecule has 1 fully saturated rings. The second kappa shape index (κ2) is 6.12. The fourth-order valence-electron chi connectivity index (χ4n) is 3.45. The average molecular weight is 333 g/mol. The molecule has 0 aliphatic heterocycles. The lowest BCUT2D eigenvalue weighted by molar-refractivity contribution is -0.124. The molecule has 3 aromatic rings. The second-order valence-electron chi connectivity index (χ2n) is 6.51. The number of benzene rings is 2. The predicted molar refractivity (Wildman–Crippen MR) is 94.5 cm³/mol. The molecule has 2 aromatic carbocycles. The van der Waals surface area contributed by atoms with Gasteiger partial charge in [-0.25, -0.2) is 4.68 Å². The van der Waals surface area contributed by atoms with Gasteiger partial charge in [0, 0.05) is 5.69 Å². The Balaban J connectivity index is 1.58. The van der Waals surface area contributed by atoms with Crippen molar-refractivity contribution in [3.63, 3.8) is 0 Å². The SMILES string of the molecule is Cc1cc(NC(=O)C2(c3ccccc3)CCC2)ccc1-n1cnnn1. The molecule has 1 heterocycles. The minimum absolute atomic E-state index is 0.0690. The fourth-order valence-corrected chi connectivity index (χ4v) is 3.45. The molecule has 1 aliphatic rings. The topological polar surface area (TPSA) is 72.7 Å². The van der Waals surface area contributed by atoms with Gasteiger partial charge in [0.25, 0.3) is 0 Å². The van der Waals surface area contributed by atoms with Crippen LogP contribution in [-0.2, 0) is 10.2 Å². The molecule has 0 radical (unpaired) electrons. The second-order valence-corrected chi connectivity index (χ2v) is 6.51. The summed E-state index contributed by atoms with van der Waals surface area (Å²) in [5.74, 6) is 0.0690. The minimum Gasteiger partial charge on any atom is -0.325 e. The molecule has 1 aromatic heterocycles. The molecule has 0 bridgehead atoms. The first-order valence-corrected chi connectivity index (χ1v) is 8.40. The van der Waals surface area contributed by atoms with Gasteiger partial charge in [-0.1, -0.05) is 36.8 Å². The smallest absolute Gasteiger partial charge is 0.235 e. The monoisotopic (exact) mass is 333 g/mol. The van der Waals surface area contributed by atoms with Crippen LogP contribution in [0.1, 0.15) is 30.4 Å². The maximum absolute atomic E-state index is 13.0. The van der Waals surface area contributed by atoms with E-state index in [2.05, 4.69) is 20.8 Å². The van der Waals surface area contributed by atoms with Crippen molar-refractivity contribution in [3.05, 3.63) is 66.0 Å². The van der Waals surface area contributed by atoms with Crippen LogP contribution in [0.5, 0.6) is 0 Å². The summed E-state index contributed by atoms with van der Waals surface area (Å²) in [4.78, 5) is 13.0. The lowest BCUT2D eigenvalue weighted by Crippen LogP contribution is -2.45. The molecule has 25 heavy (non-hydrogen) atoms. The van der Waals surface area contributed by atoms with Crippen molar-refractivity contribution in [3.8, 4) is 5.69 Å². The number of hydrogen-bond acceptors (Lipinski definition) is 4. The van der Waals surface area contributed by atoms with E-state index in [1.54, 1.807) is 11.0 Å². The van der Waals surface area contributed by atoms with E-state index in [0.29, 0.717) is 0 Å². The Morgan fingerprint density at radius 3 is 2.56 bits per heavy atom. The molecule has 0 saturated heterocycles. The molecule has 1 aliphatic carbocycles. The summed E-state index contributed by atoms with van der Waals surface area (Å²) in [6, 6.07) is 15.8. The zero-order chi connectivity index (χ0) is 17.3. The fraction of sp³-hybridized carbons (Fsp3) is 0.263. The van der Waals surface area contributed by atoms with Crippen LogP contribution in [0.15, 0.2) is 54.9 Å². The van der Waals surface area contributed by atoms with Crippen molar-refractivity contribution in [1.29, 1.82) is 0 Å². The summed E-state index contributed by atoms with van der Waals surface area (Å²) in [6.45, 7) is 1.98. The third kappa shape index (κ3) is 2.69. The van der Waals surface area contributed by atoms with Gasteiger partial charge in [-0.15, -0.1) is 5.10 Å². The van der Waals surface area contributed by atoms with E-state index in [1.807, 2.05) is 55.5 Å². The van der Waals surface area contributed by atoms with Gasteiger partial charge < -0.3 is 5.32 Å². The Kier molecular flexibility index (Phi) is 3.80. The van der Waals surface area contributed by atoms with Crippen molar-refractivity contribution >= 4 is 11.6 Å². The highest BCUT2D eigenvalue weighted by molar-refractivity contribution is 6.00. The van der Waals surface area contributed by atoms with Gasteiger partial charge in [-0.05, 0) is 59.5 Å². The van der Waals surface area contributed by atoms with Crippen LogP contribution in [0.4, 0.5) is 5.69 Å². The number of carbonyl (C=O) groups is 1. The highest BCUT2D eigenvalue weighted by atomic mass is 16.2. The van der Waals surface area contributed by atoms with E-state index in [0.717, 1.165) is 41.8 Å². The van der Waals surface area contributed by atoms with Gasteiger partial charge in [0.1, 0.15) is 6.33 Å².